The van der Waals surface area contributed by atoms with E-state index < -0.39 is 23.5 Å². The fourth-order valence-corrected chi connectivity index (χ4v) is 2.12. The van der Waals surface area contributed by atoms with Gasteiger partial charge in [-0.25, -0.2) is 14.9 Å². The Kier molecular flexibility index (Phi) is 10.1. The van der Waals surface area contributed by atoms with Crippen molar-refractivity contribution in [3.8, 4) is 0 Å². The van der Waals surface area contributed by atoms with Crippen LogP contribution < -0.4 is 5.43 Å². The van der Waals surface area contributed by atoms with Gasteiger partial charge >= 0.3 is 6.09 Å². The van der Waals surface area contributed by atoms with Crippen LogP contribution in [0.15, 0.2) is 0 Å². The van der Waals surface area contributed by atoms with Gasteiger partial charge in [-0.3, -0.25) is 20.2 Å². The Morgan fingerprint density at radius 3 is 2.28 bits per heavy atom. The van der Waals surface area contributed by atoms with Gasteiger partial charge in [-0.15, -0.1) is 0 Å². The molecule has 1 unspecified atom stereocenters. The fraction of sp³-hybridized carbons (Fsp3) is 0.824. The smallest absolute Gasteiger partial charge is 0.429 e. The third-order valence-corrected chi connectivity index (χ3v) is 3.39. The summed E-state index contributed by atoms with van der Waals surface area (Å²) in [6.45, 7) is 10.6. The zero-order valence-corrected chi connectivity index (χ0v) is 16.2. The molecule has 8 heteroatoms. The van der Waals surface area contributed by atoms with E-state index in [0.29, 0.717) is 11.5 Å². The quantitative estimate of drug-likeness (QED) is 0.285. The van der Waals surface area contributed by atoms with Crippen molar-refractivity contribution < 1.29 is 24.3 Å². The number of carbonyl (C=O) groups is 3. The van der Waals surface area contributed by atoms with Crippen molar-refractivity contribution >= 4 is 18.4 Å². The molecule has 0 rings (SSSR count). The lowest BCUT2D eigenvalue weighted by Gasteiger charge is -2.31. The number of ether oxygens (including phenoxy) is 1. The number of hydroxylamine groups is 2. The highest BCUT2D eigenvalue weighted by Crippen LogP contribution is 2.14. The second kappa shape index (κ2) is 10.9. The molecule has 0 aliphatic rings. The lowest BCUT2D eigenvalue weighted by atomic mass is 10.0. The van der Waals surface area contributed by atoms with Crippen molar-refractivity contribution in [1.82, 2.24) is 15.5 Å². The number of hydrogen-bond acceptors (Lipinski definition) is 5. The lowest BCUT2D eigenvalue weighted by Crippen LogP contribution is -2.54. The van der Waals surface area contributed by atoms with Crippen LogP contribution in [0.5, 0.6) is 0 Å². The zero-order chi connectivity index (χ0) is 19.6. The van der Waals surface area contributed by atoms with Crippen LogP contribution in [-0.2, 0) is 14.3 Å². The minimum Gasteiger partial charge on any atom is -0.442 e. The second-order valence-corrected chi connectivity index (χ2v) is 7.34. The monoisotopic (exact) mass is 359 g/mol. The average molecular weight is 359 g/mol. The fourth-order valence-electron chi connectivity index (χ4n) is 2.12. The molecule has 25 heavy (non-hydrogen) atoms. The Hall–Kier alpha value is -1.83. The first kappa shape index (κ1) is 23.2. The Bertz CT molecular complexity index is 434. The first-order chi connectivity index (χ1) is 11.5. The van der Waals surface area contributed by atoms with Gasteiger partial charge in [-0.1, -0.05) is 26.2 Å². The van der Waals surface area contributed by atoms with Crippen molar-refractivity contribution in [2.24, 2.45) is 5.92 Å². The summed E-state index contributed by atoms with van der Waals surface area (Å²) in [4.78, 5) is 35.5. The van der Waals surface area contributed by atoms with Gasteiger partial charge in [0.15, 0.2) is 0 Å². The summed E-state index contributed by atoms with van der Waals surface area (Å²) in [5.74, 6) is -1.05. The number of rotatable bonds is 9. The molecule has 0 aromatic rings. The highest BCUT2D eigenvalue weighted by molar-refractivity contribution is 5.81. The number of hydrazine groups is 1. The molecule has 0 radical (unpaired) electrons. The van der Waals surface area contributed by atoms with Crippen LogP contribution in [0.2, 0.25) is 0 Å². The van der Waals surface area contributed by atoms with Crippen LogP contribution in [0.25, 0.3) is 0 Å². The largest absolute Gasteiger partial charge is 0.442 e. The van der Waals surface area contributed by atoms with Gasteiger partial charge < -0.3 is 4.74 Å². The number of amides is 3. The summed E-state index contributed by atoms with van der Waals surface area (Å²) in [7, 11) is 0. The van der Waals surface area contributed by atoms with E-state index in [2.05, 4.69) is 5.43 Å². The molecule has 0 aromatic heterocycles. The molecule has 3 amide bonds. The van der Waals surface area contributed by atoms with Crippen LogP contribution in [0, 0.1) is 5.92 Å². The average Bonchev–Trinajstić information content (AvgIpc) is 2.49. The minimum atomic E-state index is -0.686. The van der Waals surface area contributed by atoms with E-state index in [1.807, 2.05) is 6.92 Å². The van der Waals surface area contributed by atoms with Crippen LogP contribution in [-0.4, -0.2) is 51.9 Å². The summed E-state index contributed by atoms with van der Waals surface area (Å²) in [5.41, 5.74) is 1.88. The van der Waals surface area contributed by atoms with Gasteiger partial charge in [0.1, 0.15) is 5.60 Å². The van der Waals surface area contributed by atoms with E-state index in [-0.39, 0.29) is 19.0 Å². The zero-order valence-electron chi connectivity index (χ0n) is 16.2. The highest BCUT2D eigenvalue weighted by atomic mass is 16.6. The molecule has 0 aliphatic carbocycles. The molecule has 0 saturated carbocycles. The van der Waals surface area contributed by atoms with E-state index in [4.69, 9.17) is 4.74 Å². The van der Waals surface area contributed by atoms with E-state index in [1.165, 1.54) is 0 Å². The summed E-state index contributed by atoms with van der Waals surface area (Å²) >= 11 is 0. The molecule has 2 N–H and O–H groups in total. The molecule has 146 valence electrons. The van der Waals surface area contributed by atoms with Gasteiger partial charge in [0.05, 0.1) is 18.5 Å². The van der Waals surface area contributed by atoms with E-state index >= 15 is 0 Å². The van der Waals surface area contributed by atoms with E-state index in [1.54, 1.807) is 34.6 Å². The number of unbranched alkanes of at least 4 members (excludes halogenated alkanes) is 2. The van der Waals surface area contributed by atoms with Crippen LogP contribution in [0.1, 0.15) is 67.2 Å². The molecule has 0 saturated heterocycles. The van der Waals surface area contributed by atoms with E-state index in [0.717, 1.165) is 24.3 Å². The molecule has 0 aromatic carbocycles. The van der Waals surface area contributed by atoms with Crippen LogP contribution >= 0.6 is 0 Å². The normalized spacial score (nSPS) is 12.5. The van der Waals surface area contributed by atoms with Crippen LogP contribution in [0.3, 0.4) is 0 Å². The van der Waals surface area contributed by atoms with Crippen molar-refractivity contribution in [2.75, 3.05) is 6.54 Å². The first-order valence-electron chi connectivity index (χ1n) is 8.75. The molecule has 0 fully saturated rings. The first-order valence-corrected chi connectivity index (χ1v) is 8.75. The van der Waals surface area contributed by atoms with Crippen molar-refractivity contribution in [2.45, 2.75) is 78.9 Å². The predicted molar refractivity (Wildman–Crippen MR) is 93.5 cm³/mol. The van der Waals surface area contributed by atoms with E-state index in [9.17, 15) is 19.6 Å². The lowest BCUT2D eigenvalue weighted by molar-refractivity contribution is -0.155. The summed E-state index contributed by atoms with van der Waals surface area (Å²) in [5, 5.41) is 11.0. The molecule has 0 heterocycles. The van der Waals surface area contributed by atoms with Crippen LogP contribution in [0.4, 0.5) is 4.79 Å². The Morgan fingerprint density at radius 1 is 1.24 bits per heavy atom. The Balaban J connectivity index is 5.03. The highest BCUT2D eigenvalue weighted by Gasteiger charge is 2.29. The maximum Gasteiger partial charge on any atom is 0.429 e. The number of nitrogens with one attached hydrogen (secondary N) is 1. The van der Waals surface area contributed by atoms with Gasteiger partial charge in [-0.05, 0) is 41.0 Å². The topological polar surface area (TPSA) is 99.2 Å². The van der Waals surface area contributed by atoms with Gasteiger partial charge in [0.2, 0.25) is 12.3 Å². The summed E-state index contributed by atoms with van der Waals surface area (Å²) in [6, 6.07) is -0.314. The maximum atomic E-state index is 12.6. The Labute approximate surface area is 150 Å². The molecule has 1 atom stereocenters. The SMILES string of the molecule is CCCCCC(CN(O)C=O)C(=O)NN(C(=O)OC(C)(C)C)C(C)C. The van der Waals surface area contributed by atoms with Crippen molar-refractivity contribution in [1.29, 1.82) is 0 Å². The molecule has 0 bridgehead atoms. The van der Waals surface area contributed by atoms with Gasteiger partial charge in [-0.2, -0.15) is 0 Å². The van der Waals surface area contributed by atoms with Crippen molar-refractivity contribution in [3.05, 3.63) is 0 Å². The standard InChI is InChI=1S/C17H33N3O5/c1-7-8-9-10-14(11-19(24)12-21)15(22)18-20(13(2)3)16(23)25-17(4,5)6/h12-14,24H,7-11H2,1-6H3,(H,18,22). The second-order valence-electron chi connectivity index (χ2n) is 7.34. The summed E-state index contributed by atoms with van der Waals surface area (Å²) < 4.78 is 5.30. The minimum absolute atomic E-state index is 0.126. The molecular weight excluding hydrogens is 326 g/mol. The number of hydrogen-bond donors (Lipinski definition) is 2. The maximum absolute atomic E-state index is 12.6. The number of nitrogens with zero attached hydrogens (tertiary/aromatic N) is 2. The van der Waals surface area contributed by atoms with Gasteiger partial charge in [0.25, 0.3) is 0 Å². The molecular formula is C17H33N3O5. The summed E-state index contributed by atoms with van der Waals surface area (Å²) in [6.07, 6.45) is 2.82. The van der Waals surface area contributed by atoms with Crippen molar-refractivity contribution in [3.63, 3.8) is 0 Å². The molecule has 0 spiro atoms. The molecule has 8 nitrogen and oxygen atoms in total. The number of carbonyl (C=O) groups excluding carboxylic acids is 3. The third-order valence-electron chi connectivity index (χ3n) is 3.39. The Morgan fingerprint density at radius 2 is 1.84 bits per heavy atom. The predicted octanol–water partition coefficient (Wildman–Crippen LogP) is 2.71. The van der Waals surface area contributed by atoms with Gasteiger partial charge in [0, 0.05) is 0 Å². The third kappa shape index (κ3) is 9.91. The molecule has 0 aliphatic heterocycles.